The highest BCUT2D eigenvalue weighted by atomic mass is 35.5. The highest BCUT2D eigenvalue weighted by Crippen LogP contribution is 2.27. The van der Waals surface area contributed by atoms with Gasteiger partial charge in [-0.1, -0.05) is 35.3 Å². The first-order chi connectivity index (χ1) is 9.06. The zero-order valence-corrected chi connectivity index (χ0v) is 12.8. The van der Waals surface area contributed by atoms with E-state index in [1.807, 2.05) is 24.3 Å². The summed E-state index contributed by atoms with van der Waals surface area (Å²) in [6.45, 7) is 2.54. The number of hydrogen-bond donors (Lipinski definition) is 2. The highest BCUT2D eigenvalue weighted by Gasteiger charge is 2.12. The third-order valence-corrected chi connectivity index (χ3v) is 4.56. The second-order valence-corrected chi connectivity index (χ2v) is 6.52. The van der Waals surface area contributed by atoms with Crippen LogP contribution in [0.1, 0.15) is 29.5 Å². The van der Waals surface area contributed by atoms with Crippen molar-refractivity contribution in [3.8, 4) is 0 Å². The fourth-order valence-electron chi connectivity index (χ4n) is 1.75. The molecule has 0 fully saturated rings. The Kier molecular flexibility index (Phi) is 5.25. The van der Waals surface area contributed by atoms with Crippen molar-refractivity contribution in [3.63, 3.8) is 0 Å². The summed E-state index contributed by atoms with van der Waals surface area (Å²) >= 11 is 13.3. The predicted octanol–water partition coefficient (Wildman–Crippen LogP) is 4.44. The van der Waals surface area contributed by atoms with Gasteiger partial charge in [-0.2, -0.15) is 0 Å². The molecule has 0 saturated heterocycles. The SMILES string of the molecule is CC(NCC(O)c1ccc(Cl)cc1)c1ccc(Cl)s1. The molecule has 0 spiro atoms. The minimum atomic E-state index is -0.546. The van der Waals surface area contributed by atoms with Crippen LogP contribution in [-0.4, -0.2) is 11.7 Å². The lowest BCUT2D eigenvalue weighted by Crippen LogP contribution is -2.24. The van der Waals surface area contributed by atoms with Crippen LogP contribution in [0.5, 0.6) is 0 Å². The van der Waals surface area contributed by atoms with Crippen LogP contribution in [0, 0.1) is 0 Å². The van der Waals surface area contributed by atoms with Crippen molar-refractivity contribution in [2.24, 2.45) is 0 Å². The average Bonchev–Trinajstić information content (AvgIpc) is 2.83. The lowest BCUT2D eigenvalue weighted by atomic mass is 10.1. The quantitative estimate of drug-likeness (QED) is 0.855. The third-order valence-electron chi connectivity index (χ3n) is 2.89. The van der Waals surface area contributed by atoms with E-state index in [1.54, 1.807) is 23.5 Å². The molecule has 102 valence electrons. The third kappa shape index (κ3) is 4.20. The molecule has 2 nitrogen and oxygen atoms in total. The van der Waals surface area contributed by atoms with Crippen LogP contribution in [-0.2, 0) is 0 Å². The zero-order valence-electron chi connectivity index (χ0n) is 10.4. The Balaban J connectivity index is 1.89. The molecule has 1 aromatic carbocycles. The Hall–Kier alpha value is -0.580. The monoisotopic (exact) mass is 315 g/mol. The summed E-state index contributed by atoms with van der Waals surface area (Å²) in [6, 6.07) is 11.3. The van der Waals surface area contributed by atoms with Crippen molar-refractivity contribution in [2.45, 2.75) is 19.1 Å². The maximum Gasteiger partial charge on any atom is 0.0931 e. The standard InChI is InChI=1S/C14H15Cl2NOS/c1-9(13-6-7-14(16)19-13)17-8-12(18)10-2-4-11(15)5-3-10/h2-7,9,12,17-18H,8H2,1H3. The van der Waals surface area contributed by atoms with E-state index in [4.69, 9.17) is 23.2 Å². The number of halogens is 2. The molecule has 2 rings (SSSR count). The van der Waals surface area contributed by atoms with Crippen LogP contribution in [0.15, 0.2) is 36.4 Å². The van der Waals surface area contributed by atoms with Crippen molar-refractivity contribution in [1.29, 1.82) is 0 Å². The minimum Gasteiger partial charge on any atom is -0.387 e. The van der Waals surface area contributed by atoms with E-state index >= 15 is 0 Å². The summed E-state index contributed by atoms with van der Waals surface area (Å²) in [5.74, 6) is 0. The van der Waals surface area contributed by atoms with E-state index in [0.29, 0.717) is 11.6 Å². The van der Waals surface area contributed by atoms with Crippen molar-refractivity contribution in [3.05, 3.63) is 56.2 Å². The van der Waals surface area contributed by atoms with Gasteiger partial charge in [-0.15, -0.1) is 11.3 Å². The zero-order chi connectivity index (χ0) is 13.8. The number of thiophene rings is 1. The molecule has 0 radical (unpaired) electrons. The number of aliphatic hydroxyl groups is 1. The summed E-state index contributed by atoms with van der Waals surface area (Å²) in [7, 11) is 0. The number of aliphatic hydroxyl groups excluding tert-OH is 1. The van der Waals surface area contributed by atoms with Crippen molar-refractivity contribution < 1.29 is 5.11 Å². The highest BCUT2D eigenvalue weighted by molar-refractivity contribution is 7.16. The van der Waals surface area contributed by atoms with Gasteiger partial charge in [-0.25, -0.2) is 0 Å². The molecule has 19 heavy (non-hydrogen) atoms. The molecule has 2 atom stereocenters. The van der Waals surface area contributed by atoms with Gasteiger partial charge in [0.1, 0.15) is 0 Å². The van der Waals surface area contributed by atoms with E-state index in [2.05, 4.69) is 12.2 Å². The average molecular weight is 316 g/mol. The smallest absolute Gasteiger partial charge is 0.0931 e. The molecule has 2 aromatic rings. The minimum absolute atomic E-state index is 0.166. The molecule has 1 heterocycles. The van der Waals surface area contributed by atoms with Crippen molar-refractivity contribution in [2.75, 3.05) is 6.54 Å². The van der Waals surface area contributed by atoms with Gasteiger partial charge in [0.05, 0.1) is 10.4 Å². The van der Waals surface area contributed by atoms with Gasteiger partial charge >= 0.3 is 0 Å². The first-order valence-corrected chi connectivity index (χ1v) is 7.55. The first-order valence-electron chi connectivity index (χ1n) is 5.98. The molecule has 1 aromatic heterocycles. The largest absolute Gasteiger partial charge is 0.387 e. The fraction of sp³-hybridized carbons (Fsp3) is 0.286. The maximum absolute atomic E-state index is 10.1. The fourth-order valence-corrected chi connectivity index (χ4v) is 2.97. The molecule has 5 heteroatoms. The van der Waals surface area contributed by atoms with Gasteiger partial charge in [0.2, 0.25) is 0 Å². The van der Waals surface area contributed by atoms with Gasteiger partial charge in [-0.3, -0.25) is 0 Å². The lowest BCUT2D eigenvalue weighted by molar-refractivity contribution is 0.171. The molecule has 0 aliphatic carbocycles. The molecule has 0 saturated carbocycles. The van der Waals surface area contributed by atoms with Gasteiger partial charge in [0.15, 0.2) is 0 Å². The van der Waals surface area contributed by atoms with E-state index in [-0.39, 0.29) is 6.04 Å². The Morgan fingerprint density at radius 3 is 2.42 bits per heavy atom. The second-order valence-electron chi connectivity index (χ2n) is 4.34. The Morgan fingerprint density at radius 2 is 1.84 bits per heavy atom. The van der Waals surface area contributed by atoms with Crippen LogP contribution >= 0.6 is 34.5 Å². The molecule has 0 bridgehead atoms. The molecule has 2 N–H and O–H groups in total. The molecule has 0 amide bonds. The van der Waals surface area contributed by atoms with Crippen LogP contribution in [0.3, 0.4) is 0 Å². The summed E-state index contributed by atoms with van der Waals surface area (Å²) in [5, 5.41) is 14.0. The maximum atomic E-state index is 10.1. The van der Waals surface area contributed by atoms with E-state index in [0.717, 1.165) is 14.8 Å². The predicted molar refractivity (Wildman–Crippen MR) is 82.2 cm³/mol. The van der Waals surface area contributed by atoms with Crippen molar-refractivity contribution in [1.82, 2.24) is 5.32 Å². The Bertz CT molecular complexity index is 526. The molecular weight excluding hydrogens is 301 g/mol. The number of nitrogens with one attached hydrogen (secondary N) is 1. The number of hydrogen-bond acceptors (Lipinski definition) is 3. The number of benzene rings is 1. The molecular formula is C14H15Cl2NOS. The summed E-state index contributed by atoms with van der Waals surface area (Å²) < 4.78 is 0.780. The topological polar surface area (TPSA) is 32.3 Å². The van der Waals surface area contributed by atoms with Gasteiger partial charge in [0, 0.05) is 22.5 Å². The summed E-state index contributed by atoms with van der Waals surface area (Å²) in [6.07, 6.45) is -0.546. The summed E-state index contributed by atoms with van der Waals surface area (Å²) in [5.41, 5.74) is 0.855. The Labute approximate surface area is 127 Å². The first kappa shape index (κ1) is 14.8. The van der Waals surface area contributed by atoms with Gasteiger partial charge in [0.25, 0.3) is 0 Å². The molecule has 2 unspecified atom stereocenters. The van der Waals surface area contributed by atoms with Crippen LogP contribution in [0.25, 0.3) is 0 Å². The number of rotatable bonds is 5. The van der Waals surface area contributed by atoms with Gasteiger partial charge < -0.3 is 10.4 Å². The van der Waals surface area contributed by atoms with E-state index in [9.17, 15) is 5.11 Å². The summed E-state index contributed by atoms with van der Waals surface area (Å²) in [4.78, 5) is 1.16. The van der Waals surface area contributed by atoms with E-state index < -0.39 is 6.10 Å². The van der Waals surface area contributed by atoms with Crippen LogP contribution in [0.2, 0.25) is 9.36 Å². The second kappa shape index (κ2) is 6.73. The van der Waals surface area contributed by atoms with Crippen LogP contribution < -0.4 is 5.32 Å². The lowest BCUT2D eigenvalue weighted by Gasteiger charge is -2.16. The van der Waals surface area contributed by atoms with E-state index in [1.165, 1.54) is 0 Å². The van der Waals surface area contributed by atoms with Crippen LogP contribution in [0.4, 0.5) is 0 Å². The van der Waals surface area contributed by atoms with Gasteiger partial charge in [-0.05, 0) is 36.8 Å². The molecule has 0 aliphatic rings. The molecule has 0 aliphatic heterocycles. The normalized spacial score (nSPS) is 14.3. The Morgan fingerprint density at radius 1 is 1.16 bits per heavy atom. The van der Waals surface area contributed by atoms with Crippen molar-refractivity contribution >= 4 is 34.5 Å².